The molecule has 0 heterocycles. The van der Waals surface area contributed by atoms with Crippen molar-refractivity contribution in [3.8, 4) is 5.75 Å². The Labute approximate surface area is 87.6 Å². The molecule has 0 radical (unpaired) electrons. The first-order chi connectivity index (χ1) is 6.63. The highest BCUT2D eigenvalue weighted by molar-refractivity contribution is 6.30. The number of halogens is 1. The third-order valence-corrected chi connectivity index (χ3v) is 1.86. The highest BCUT2D eigenvalue weighted by Crippen LogP contribution is 2.21. The third kappa shape index (κ3) is 3.01. The van der Waals surface area contributed by atoms with Crippen molar-refractivity contribution < 1.29 is 14.3 Å². The number of hydrogen-bond acceptors (Lipinski definition) is 3. The summed E-state index contributed by atoms with van der Waals surface area (Å²) in [5, 5.41) is 0.619. The van der Waals surface area contributed by atoms with Gasteiger partial charge in [0.25, 0.3) is 0 Å². The van der Waals surface area contributed by atoms with Crippen LogP contribution in [-0.2, 0) is 9.53 Å². The fourth-order valence-corrected chi connectivity index (χ4v) is 1.22. The van der Waals surface area contributed by atoms with Crippen LogP contribution in [0.1, 0.15) is 5.56 Å². The van der Waals surface area contributed by atoms with Gasteiger partial charge in [-0.05, 0) is 30.7 Å². The zero-order valence-corrected chi connectivity index (χ0v) is 8.80. The third-order valence-electron chi connectivity index (χ3n) is 1.62. The molecule has 0 aliphatic carbocycles. The van der Waals surface area contributed by atoms with Crippen molar-refractivity contribution in [1.29, 1.82) is 0 Å². The van der Waals surface area contributed by atoms with Gasteiger partial charge in [-0.25, -0.2) is 4.79 Å². The smallest absolute Gasteiger partial charge is 0.337 e. The second-order valence-corrected chi connectivity index (χ2v) is 3.25. The first-order valence-electron chi connectivity index (χ1n) is 4.09. The summed E-state index contributed by atoms with van der Waals surface area (Å²) in [5.41, 5.74) is 0.821. The van der Waals surface area contributed by atoms with Crippen molar-refractivity contribution in [3.63, 3.8) is 0 Å². The van der Waals surface area contributed by atoms with Crippen LogP contribution in [0, 0.1) is 6.92 Å². The Morgan fingerprint density at radius 1 is 1.50 bits per heavy atom. The van der Waals surface area contributed by atoms with Crippen LogP contribution < -0.4 is 4.74 Å². The Hall–Kier alpha value is -1.06. The van der Waals surface area contributed by atoms with Crippen LogP contribution in [0.2, 0.25) is 5.02 Å². The van der Waals surface area contributed by atoms with Crippen LogP contribution in [-0.4, -0.2) is 19.7 Å². The van der Waals surface area contributed by atoms with E-state index in [1.54, 1.807) is 18.2 Å². The molecular weight excluding hydrogens is 204 g/mol. The molecule has 0 saturated heterocycles. The molecule has 0 aromatic heterocycles. The molecule has 0 unspecified atom stereocenters. The summed E-state index contributed by atoms with van der Waals surface area (Å²) in [6, 6.07) is 5.06. The molecule has 0 aliphatic rings. The lowest BCUT2D eigenvalue weighted by Gasteiger charge is -2.06. The minimum Gasteiger partial charge on any atom is -0.425 e. The maximum Gasteiger partial charge on any atom is 0.337 e. The number of benzene rings is 1. The number of rotatable bonds is 3. The minimum atomic E-state index is -0.419. The molecular formula is C10H11ClO3. The Morgan fingerprint density at radius 3 is 2.79 bits per heavy atom. The zero-order valence-electron chi connectivity index (χ0n) is 8.04. The average Bonchev–Trinajstić information content (AvgIpc) is 2.10. The van der Waals surface area contributed by atoms with Crippen molar-refractivity contribution in [1.82, 2.24) is 0 Å². The summed E-state index contributed by atoms with van der Waals surface area (Å²) < 4.78 is 9.66. The first kappa shape index (κ1) is 11.0. The quantitative estimate of drug-likeness (QED) is 0.572. The Morgan fingerprint density at radius 2 is 2.21 bits per heavy atom. The van der Waals surface area contributed by atoms with Gasteiger partial charge in [-0.1, -0.05) is 11.6 Å². The molecule has 0 N–H and O–H groups in total. The van der Waals surface area contributed by atoms with Crippen molar-refractivity contribution >= 4 is 17.6 Å². The van der Waals surface area contributed by atoms with E-state index in [-0.39, 0.29) is 6.61 Å². The minimum absolute atomic E-state index is 0.0535. The fourth-order valence-electron chi connectivity index (χ4n) is 0.997. The second kappa shape index (κ2) is 4.98. The summed E-state index contributed by atoms with van der Waals surface area (Å²) in [7, 11) is 1.44. The van der Waals surface area contributed by atoms with Gasteiger partial charge in [0.2, 0.25) is 0 Å². The fraction of sp³-hybridized carbons (Fsp3) is 0.300. The number of carbonyl (C=O) groups is 1. The molecule has 0 fully saturated rings. The average molecular weight is 215 g/mol. The molecule has 0 spiro atoms. The van der Waals surface area contributed by atoms with Crippen LogP contribution in [0.5, 0.6) is 5.75 Å². The summed E-state index contributed by atoms with van der Waals surface area (Å²) in [6.07, 6.45) is 0. The predicted octanol–water partition coefficient (Wildman–Crippen LogP) is 2.20. The van der Waals surface area contributed by atoms with Crippen LogP contribution in [0.4, 0.5) is 0 Å². The van der Waals surface area contributed by atoms with Gasteiger partial charge in [-0.15, -0.1) is 0 Å². The van der Waals surface area contributed by atoms with E-state index in [1.165, 1.54) is 7.11 Å². The number of carbonyl (C=O) groups excluding carboxylic acids is 1. The molecule has 76 valence electrons. The summed E-state index contributed by atoms with van der Waals surface area (Å²) in [4.78, 5) is 11.1. The van der Waals surface area contributed by atoms with Gasteiger partial charge in [0.1, 0.15) is 12.4 Å². The topological polar surface area (TPSA) is 35.5 Å². The molecule has 0 bridgehead atoms. The molecule has 1 aromatic carbocycles. The Bertz CT molecular complexity index is 336. The lowest BCUT2D eigenvalue weighted by Crippen LogP contribution is -2.14. The number of hydrogen-bond donors (Lipinski definition) is 0. The van der Waals surface area contributed by atoms with E-state index in [0.29, 0.717) is 10.8 Å². The van der Waals surface area contributed by atoms with E-state index in [1.807, 2.05) is 6.92 Å². The number of aryl methyl sites for hydroxylation is 1. The van der Waals surface area contributed by atoms with Crippen LogP contribution >= 0.6 is 11.6 Å². The van der Waals surface area contributed by atoms with Crippen molar-refractivity contribution in [2.45, 2.75) is 6.92 Å². The van der Waals surface area contributed by atoms with E-state index in [9.17, 15) is 4.79 Å². The summed E-state index contributed by atoms with van der Waals surface area (Å²) in [5.74, 6) is 0.0920. The van der Waals surface area contributed by atoms with Gasteiger partial charge in [-0.3, -0.25) is 0 Å². The standard InChI is InChI=1S/C10H11ClO3/c1-7-5-8(11)3-4-9(7)14-10(12)6-13-2/h3-5H,6H2,1-2H3. The number of esters is 1. The van der Waals surface area contributed by atoms with Gasteiger partial charge in [-0.2, -0.15) is 0 Å². The molecule has 1 aromatic rings. The first-order valence-corrected chi connectivity index (χ1v) is 4.47. The van der Waals surface area contributed by atoms with Gasteiger partial charge in [0.15, 0.2) is 0 Å². The highest BCUT2D eigenvalue weighted by Gasteiger charge is 2.06. The van der Waals surface area contributed by atoms with E-state index in [4.69, 9.17) is 16.3 Å². The number of ether oxygens (including phenoxy) is 2. The maximum atomic E-state index is 11.1. The monoisotopic (exact) mass is 214 g/mol. The molecule has 0 atom stereocenters. The molecule has 14 heavy (non-hydrogen) atoms. The van der Waals surface area contributed by atoms with Crippen LogP contribution in [0.25, 0.3) is 0 Å². The van der Waals surface area contributed by atoms with Crippen molar-refractivity contribution in [3.05, 3.63) is 28.8 Å². The Kier molecular flexibility index (Phi) is 3.92. The van der Waals surface area contributed by atoms with Crippen molar-refractivity contribution in [2.75, 3.05) is 13.7 Å². The van der Waals surface area contributed by atoms with E-state index >= 15 is 0 Å². The van der Waals surface area contributed by atoms with E-state index in [2.05, 4.69) is 4.74 Å². The SMILES string of the molecule is COCC(=O)Oc1ccc(Cl)cc1C. The zero-order chi connectivity index (χ0) is 10.6. The van der Waals surface area contributed by atoms with E-state index < -0.39 is 5.97 Å². The molecule has 0 saturated carbocycles. The van der Waals surface area contributed by atoms with Gasteiger partial charge >= 0.3 is 5.97 Å². The predicted molar refractivity (Wildman–Crippen MR) is 53.7 cm³/mol. The van der Waals surface area contributed by atoms with Crippen molar-refractivity contribution in [2.24, 2.45) is 0 Å². The molecule has 3 nitrogen and oxygen atoms in total. The lowest BCUT2D eigenvalue weighted by atomic mass is 10.2. The second-order valence-electron chi connectivity index (χ2n) is 2.82. The van der Waals surface area contributed by atoms with Crippen LogP contribution in [0.3, 0.4) is 0 Å². The van der Waals surface area contributed by atoms with Gasteiger partial charge < -0.3 is 9.47 Å². The highest BCUT2D eigenvalue weighted by atomic mass is 35.5. The summed E-state index contributed by atoms with van der Waals surface area (Å²) in [6.45, 7) is 1.77. The molecule has 1 rings (SSSR count). The van der Waals surface area contributed by atoms with Gasteiger partial charge in [0.05, 0.1) is 0 Å². The van der Waals surface area contributed by atoms with Gasteiger partial charge in [0, 0.05) is 12.1 Å². The lowest BCUT2D eigenvalue weighted by molar-refractivity contribution is -0.138. The molecule has 4 heteroatoms. The molecule has 0 amide bonds. The van der Waals surface area contributed by atoms with Crippen LogP contribution in [0.15, 0.2) is 18.2 Å². The Balaban J connectivity index is 2.72. The van der Waals surface area contributed by atoms with E-state index in [0.717, 1.165) is 5.56 Å². The summed E-state index contributed by atoms with van der Waals surface area (Å²) >= 11 is 5.75. The maximum absolute atomic E-state index is 11.1. The number of methoxy groups -OCH3 is 1. The largest absolute Gasteiger partial charge is 0.425 e. The normalized spacial score (nSPS) is 9.93. The molecule has 0 aliphatic heterocycles.